The van der Waals surface area contributed by atoms with Crippen molar-refractivity contribution in [3.05, 3.63) is 24.3 Å². The van der Waals surface area contributed by atoms with E-state index in [2.05, 4.69) is 44.7 Å². The molecule has 0 spiro atoms. The number of nitrogen functional groups attached to an aromatic ring is 1. The first-order valence-corrected chi connectivity index (χ1v) is 5.16. The fourth-order valence-corrected chi connectivity index (χ4v) is 1.84. The van der Waals surface area contributed by atoms with Crippen molar-refractivity contribution in [1.29, 1.82) is 0 Å². The van der Waals surface area contributed by atoms with Crippen LogP contribution in [0.5, 0.6) is 0 Å². The Morgan fingerprint density at radius 2 is 1.36 bits per heavy atom. The fourth-order valence-electron chi connectivity index (χ4n) is 1.84. The molecule has 1 aromatic carbocycles. The van der Waals surface area contributed by atoms with Crippen LogP contribution in [0.25, 0.3) is 0 Å². The van der Waals surface area contributed by atoms with Crippen molar-refractivity contribution in [1.82, 2.24) is 0 Å². The molecule has 1 rings (SSSR count). The van der Waals surface area contributed by atoms with Crippen LogP contribution in [0.3, 0.4) is 0 Å². The van der Waals surface area contributed by atoms with Gasteiger partial charge in [-0.3, -0.25) is 0 Å². The van der Waals surface area contributed by atoms with Gasteiger partial charge in [0.05, 0.1) is 0 Å². The third-order valence-corrected chi connectivity index (χ3v) is 2.30. The summed E-state index contributed by atoms with van der Waals surface area (Å²) in [6, 6.07) is 9.09. The van der Waals surface area contributed by atoms with Crippen LogP contribution in [0.1, 0.15) is 27.7 Å². The maximum atomic E-state index is 5.66. The second kappa shape index (κ2) is 4.36. The first kappa shape index (κ1) is 10.9. The van der Waals surface area contributed by atoms with Crippen molar-refractivity contribution in [2.45, 2.75) is 39.8 Å². The molecule has 78 valence electrons. The number of rotatable bonds is 3. The van der Waals surface area contributed by atoms with E-state index in [-0.39, 0.29) is 0 Å². The molecule has 0 fully saturated rings. The summed E-state index contributed by atoms with van der Waals surface area (Å²) in [4.78, 5) is 2.37. The van der Waals surface area contributed by atoms with Gasteiger partial charge < -0.3 is 10.6 Å². The SMILES string of the molecule is CC(C)N(c1ccc(N)cc1)C(C)C. The molecule has 0 bridgehead atoms. The van der Waals surface area contributed by atoms with Gasteiger partial charge in [-0.25, -0.2) is 0 Å². The molecule has 2 heteroatoms. The maximum absolute atomic E-state index is 5.66. The van der Waals surface area contributed by atoms with Crippen molar-refractivity contribution >= 4 is 11.4 Å². The van der Waals surface area contributed by atoms with Crippen LogP contribution in [-0.4, -0.2) is 12.1 Å². The second-order valence-electron chi connectivity index (χ2n) is 4.19. The van der Waals surface area contributed by atoms with Crippen LogP contribution in [0.2, 0.25) is 0 Å². The molecule has 14 heavy (non-hydrogen) atoms. The number of hydrogen-bond donors (Lipinski definition) is 1. The van der Waals surface area contributed by atoms with E-state index < -0.39 is 0 Å². The Kier molecular flexibility index (Phi) is 3.39. The molecular weight excluding hydrogens is 172 g/mol. The van der Waals surface area contributed by atoms with Gasteiger partial charge >= 0.3 is 0 Å². The van der Waals surface area contributed by atoms with Gasteiger partial charge in [0, 0.05) is 23.5 Å². The zero-order chi connectivity index (χ0) is 10.7. The fraction of sp³-hybridized carbons (Fsp3) is 0.500. The monoisotopic (exact) mass is 192 g/mol. The lowest BCUT2D eigenvalue weighted by Crippen LogP contribution is -2.36. The van der Waals surface area contributed by atoms with Crippen molar-refractivity contribution in [3.63, 3.8) is 0 Å². The number of hydrogen-bond acceptors (Lipinski definition) is 2. The summed E-state index contributed by atoms with van der Waals surface area (Å²) in [5.41, 5.74) is 7.72. The lowest BCUT2D eigenvalue weighted by atomic mass is 10.2. The van der Waals surface area contributed by atoms with Crippen LogP contribution in [0.15, 0.2) is 24.3 Å². The first-order chi connectivity index (χ1) is 6.52. The van der Waals surface area contributed by atoms with Gasteiger partial charge in [-0.2, -0.15) is 0 Å². The number of nitrogens with zero attached hydrogens (tertiary/aromatic N) is 1. The minimum Gasteiger partial charge on any atom is -0.399 e. The highest BCUT2D eigenvalue weighted by Crippen LogP contribution is 2.21. The van der Waals surface area contributed by atoms with Crippen LogP contribution in [0, 0.1) is 0 Å². The Hall–Kier alpha value is -1.18. The van der Waals surface area contributed by atoms with Crippen molar-refractivity contribution in [2.24, 2.45) is 0 Å². The predicted molar refractivity (Wildman–Crippen MR) is 63.6 cm³/mol. The smallest absolute Gasteiger partial charge is 0.0372 e. The Bertz CT molecular complexity index is 267. The van der Waals surface area contributed by atoms with Gasteiger partial charge in [-0.15, -0.1) is 0 Å². The van der Waals surface area contributed by atoms with Crippen LogP contribution in [-0.2, 0) is 0 Å². The van der Waals surface area contributed by atoms with Gasteiger partial charge in [0.25, 0.3) is 0 Å². The molecular formula is C12H20N2. The maximum Gasteiger partial charge on any atom is 0.0372 e. The Labute approximate surface area is 86.7 Å². The van der Waals surface area contributed by atoms with E-state index in [4.69, 9.17) is 5.73 Å². The standard InChI is InChI=1S/C12H20N2/c1-9(2)14(10(3)4)12-7-5-11(13)6-8-12/h5-10H,13H2,1-4H3. The second-order valence-corrected chi connectivity index (χ2v) is 4.19. The molecule has 0 saturated carbocycles. The van der Waals surface area contributed by atoms with E-state index in [0.717, 1.165) is 5.69 Å². The highest BCUT2D eigenvalue weighted by atomic mass is 15.2. The lowest BCUT2D eigenvalue weighted by Gasteiger charge is -2.33. The summed E-state index contributed by atoms with van der Waals surface area (Å²) in [5, 5.41) is 0. The van der Waals surface area contributed by atoms with E-state index in [9.17, 15) is 0 Å². The molecule has 2 nitrogen and oxygen atoms in total. The average Bonchev–Trinajstić information content (AvgIpc) is 2.07. The highest BCUT2D eigenvalue weighted by molar-refractivity contribution is 5.54. The van der Waals surface area contributed by atoms with Crippen LogP contribution >= 0.6 is 0 Å². The molecule has 0 heterocycles. The third-order valence-electron chi connectivity index (χ3n) is 2.30. The van der Waals surface area contributed by atoms with Crippen LogP contribution < -0.4 is 10.6 Å². The van der Waals surface area contributed by atoms with Crippen molar-refractivity contribution in [3.8, 4) is 0 Å². The summed E-state index contributed by atoms with van der Waals surface area (Å²) in [6.07, 6.45) is 0. The summed E-state index contributed by atoms with van der Waals surface area (Å²) >= 11 is 0. The van der Waals surface area contributed by atoms with E-state index in [1.165, 1.54) is 5.69 Å². The van der Waals surface area contributed by atoms with E-state index in [0.29, 0.717) is 12.1 Å². The Morgan fingerprint density at radius 3 is 1.71 bits per heavy atom. The zero-order valence-corrected chi connectivity index (χ0v) is 9.49. The number of benzene rings is 1. The first-order valence-electron chi connectivity index (χ1n) is 5.16. The topological polar surface area (TPSA) is 29.3 Å². The predicted octanol–water partition coefficient (Wildman–Crippen LogP) is 2.89. The number of nitrogens with two attached hydrogens (primary N) is 1. The Morgan fingerprint density at radius 1 is 0.929 bits per heavy atom. The van der Waals surface area contributed by atoms with Gasteiger partial charge in [-0.05, 0) is 52.0 Å². The summed E-state index contributed by atoms with van der Waals surface area (Å²) < 4.78 is 0. The van der Waals surface area contributed by atoms with Crippen LogP contribution in [0.4, 0.5) is 11.4 Å². The lowest BCUT2D eigenvalue weighted by molar-refractivity contribution is 0.608. The zero-order valence-electron chi connectivity index (χ0n) is 9.49. The number of anilines is 2. The van der Waals surface area contributed by atoms with E-state index in [1.807, 2.05) is 12.1 Å². The molecule has 0 aliphatic carbocycles. The van der Waals surface area contributed by atoms with E-state index >= 15 is 0 Å². The molecule has 1 aromatic rings. The quantitative estimate of drug-likeness (QED) is 0.746. The minimum atomic E-state index is 0.513. The van der Waals surface area contributed by atoms with Gasteiger partial charge in [0.15, 0.2) is 0 Å². The molecule has 0 aliphatic heterocycles. The summed E-state index contributed by atoms with van der Waals surface area (Å²) in [6.45, 7) is 8.82. The molecule has 2 N–H and O–H groups in total. The van der Waals surface area contributed by atoms with E-state index in [1.54, 1.807) is 0 Å². The molecule has 0 saturated heterocycles. The summed E-state index contributed by atoms with van der Waals surface area (Å²) in [7, 11) is 0. The Balaban J connectivity index is 2.94. The molecule has 0 unspecified atom stereocenters. The van der Waals surface area contributed by atoms with Gasteiger partial charge in [0.2, 0.25) is 0 Å². The highest BCUT2D eigenvalue weighted by Gasteiger charge is 2.13. The van der Waals surface area contributed by atoms with Gasteiger partial charge in [0.1, 0.15) is 0 Å². The molecule has 0 radical (unpaired) electrons. The molecule has 0 aromatic heterocycles. The molecule has 0 atom stereocenters. The molecule has 0 amide bonds. The van der Waals surface area contributed by atoms with Crippen molar-refractivity contribution in [2.75, 3.05) is 10.6 Å². The average molecular weight is 192 g/mol. The minimum absolute atomic E-state index is 0.513. The normalized spacial score (nSPS) is 11.0. The largest absolute Gasteiger partial charge is 0.399 e. The third kappa shape index (κ3) is 2.41. The summed E-state index contributed by atoms with van der Waals surface area (Å²) in [5.74, 6) is 0. The molecule has 0 aliphatic rings. The van der Waals surface area contributed by atoms with Crippen molar-refractivity contribution < 1.29 is 0 Å². The van der Waals surface area contributed by atoms with Gasteiger partial charge in [-0.1, -0.05) is 0 Å².